The highest BCUT2D eigenvalue weighted by Crippen LogP contribution is 2.44. The maximum absolute atomic E-state index is 14.1. The Morgan fingerprint density at radius 1 is 1.07 bits per heavy atom. The lowest BCUT2D eigenvalue weighted by Crippen LogP contribution is -2.60. The molecule has 4 heterocycles. The number of hydrogen-bond acceptors (Lipinski definition) is 11. The van der Waals surface area contributed by atoms with Crippen LogP contribution in [0.2, 0.25) is 0 Å². The fourth-order valence-electron chi connectivity index (χ4n) is 8.50. The number of rotatable bonds is 5. The maximum atomic E-state index is 14.1. The van der Waals surface area contributed by atoms with Gasteiger partial charge in [0.05, 0.1) is 29.9 Å². The Kier molecular flexibility index (Phi) is 11.0. The number of likely N-dealkylation sites (N-methyl/N-ethyl adjacent to an activating group) is 1. The topological polar surface area (TPSA) is 136 Å². The third-order valence-corrected chi connectivity index (χ3v) is 11.0. The van der Waals surface area contributed by atoms with Crippen LogP contribution < -0.4 is 0 Å². The SMILES string of the molecule is CC[C@@H]1OC(=O)[C@H](C)C(=O)[C@H](C)[C@H](O[C@@H]2O[C@H](C)C[C@H](N(C)C)[C@H]2O)[C@](C)(OC)C[C@@H](C)C2=N[C@H](C)CN3C(=O)O[C@@]1(C)[C@H]3[C@H]2C. The monoisotopic (exact) mass is 651 g/mol. The van der Waals surface area contributed by atoms with Crippen LogP contribution in [0.4, 0.5) is 4.79 Å². The lowest BCUT2D eigenvalue weighted by atomic mass is 9.73. The summed E-state index contributed by atoms with van der Waals surface area (Å²) >= 11 is 0. The number of amides is 1. The number of cyclic esters (lactones) is 1. The third-order valence-electron chi connectivity index (χ3n) is 11.0. The molecule has 0 aromatic heterocycles. The van der Waals surface area contributed by atoms with Crippen LogP contribution in [0.25, 0.3) is 0 Å². The van der Waals surface area contributed by atoms with Crippen molar-refractivity contribution in [2.45, 2.75) is 142 Å². The van der Waals surface area contributed by atoms with E-state index < -0.39 is 65.7 Å². The molecule has 0 spiro atoms. The van der Waals surface area contributed by atoms with Crippen molar-refractivity contribution in [3.8, 4) is 0 Å². The van der Waals surface area contributed by atoms with E-state index >= 15 is 0 Å². The molecule has 1 N–H and O–H groups in total. The number of nitrogens with zero attached hydrogens (tertiary/aromatic N) is 3. The largest absolute Gasteiger partial charge is 0.458 e. The van der Waals surface area contributed by atoms with Crippen molar-refractivity contribution in [2.24, 2.45) is 28.7 Å². The van der Waals surface area contributed by atoms with Crippen LogP contribution >= 0.6 is 0 Å². The number of aliphatic hydroxyl groups excluding tert-OH is 1. The quantitative estimate of drug-likeness (QED) is 0.348. The standard InChI is InChI=1S/C34H57N3O9/c1-13-24-34(9)28-20(5)25(35-18(3)16-37(28)32(41)46-34)17(2)15-33(8,42-12)29(21(6)26(38)22(7)30(40)44-24)45-31-27(39)23(36(10)11)14-19(4)43-31/h17-24,27-29,31,39H,13-16H2,1-12H3/t17-,18-,19-,20+,21+,22-,23+,24+,27-,28-,29+,31+,33-,34-/m1/s1. The number of aliphatic imine (C=N–C) groups is 1. The first-order chi connectivity index (χ1) is 21.4. The van der Waals surface area contributed by atoms with Crippen molar-refractivity contribution < 1.29 is 43.2 Å². The van der Waals surface area contributed by atoms with Crippen molar-refractivity contribution in [2.75, 3.05) is 27.7 Å². The third kappa shape index (κ3) is 6.61. The van der Waals surface area contributed by atoms with Gasteiger partial charge < -0.3 is 33.7 Å². The van der Waals surface area contributed by atoms with Gasteiger partial charge in [0.25, 0.3) is 0 Å². The van der Waals surface area contributed by atoms with E-state index in [-0.39, 0.29) is 35.8 Å². The van der Waals surface area contributed by atoms with E-state index in [4.69, 9.17) is 28.7 Å². The molecule has 262 valence electrons. The number of methoxy groups -OCH3 is 1. The number of hydrogen-bond donors (Lipinski definition) is 1. The molecule has 14 atom stereocenters. The molecule has 4 aliphatic heterocycles. The summed E-state index contributed by atoms with van der Waals surface area (Å²) in [6, 6.07) is -0.871. The molecule has 12 nitrogen and oxygen atoms in total. The zero-order chi connectivity index (χ0) is 34.5. The Hall–Kier alpha value is -2.12. The smallest absolute Gasteiger partial charge is 0.411 e. The molecule has 0 unspecified atom stereocenters. The molecule has 0 aromatic carbocycles. The summed E-state index contributed by atoms with van der Waals surface area (Å²) in [6.45, 7) is 17.3. The van der Waals surface area contributed by atoms with E-state index in [1.54, 1.807) is 18.9 Å². The highest BCUT2D eigenvalue weighted by atomic mass is 16.7. The molecule has 1 amide bonds. The second-order valence-electron chi connectivity index (χ2n) is 14.8. The summed E-state index contributed by atoms with van der Waals surface area (Å²) in [7, 11) is 5.39. The lowest BCUT2D eigenvalue weighted by molar-refractivity contribution is -0.295. The fourth-order valence-corrected chi connectivity index (χ4v) is 8.50. The van der Waals surface area contributed by atoms with E-state index in [1.165, 1.54) is 6.92 Å². The number of Topliss-reactive ketones (excluding diaryl/α,β-unsaturated/α-hetero) is 1. The molecular formula is C34H57N3O9. The van der Waals surface area contributed by atoms with Crippen LogP contribution in [0.1, 0.15) is 81.6 Å². The minimum absolute atomic E-state index is 0.163. The molecule has 3 saturated heterocycles. The zero-order valence-corrected chi connectivity index (χ0v) is 29.8. The molecule has 12 heteroatoms. The highest BCUT2D eigenvalue weighted by Gasteiger charge is 2.60. The summed E-state index contributed by atoms with van der Waals surface area (Å²) in [6.07, 6.45) is -2.95. The molecule has 0 aliphatic carbocycles. The first kappa shape index (κ1) is 36.7. The van der Waals surface area contributed by atoms with Crippen LogP contribution in [0.3, 0.4) is 0 Å². The fraction of sp³-hybridized carbons (Fsp3) is 0.882. The van der Waals surface area contributed by atoms with Gasteiger partial charge >= 0.3 is 12.1 Å². The Labute approximate surface area is 274 Å². The number of fused-ring (bicyclic) bond motifs is 1. The van der Waals surface area contributed by atoms with Crippen LogP contribution in [0, 0.1) is 23.7 Å². The molecule has 46 heavy (non-hydrogen) atoms. The Morgan fingerprint density at radius 3 is 2.30 bits per heavy atom. The predicted octanol–water partition coefficient (Wildman–Crippen LogP) is 3.46. The van der Waals surface area contributed by atoms with Gasteiger partial charge in [-0.3, -0.25) is 19.5 Å². The van der Waals surface area contributed by atoms with E-state index in [0.717, 1.165) is 5.71 Å². The summed E-state index contributed by atoms with van der Waals surface area (Å²) in [5, 5.41) is 11.4. The Balaban J connectivity index is 1.83. The van der Waals surface area contributed by atoms with Crippen LogP contribution in [-0.4, -0.2) is 126 Å². The van der Waals surface area contributed by atoms with Crippen LogP contribution in [0.5, 0.6) is 0 Å². The van der Waals surface area contributed by atoms with Crippen LogP contribution in [-0.2, 0) is 33.3 Å². The van der Waals surface area contributed by atoms with E-state index in [1.807, 2.05) is 60.5 Å². The van der Waals surface area contributed by atoms with E-state index in [2.05, 4.69) is 6.92 Å². The molecule has 4 rings (SSSR count). The van der Waals surface area contributed by atoms with Gasteiger partial charge in [-0.25, -0.2) is 4.79 Å². The van der Waals surface area contributed by atoms with Crippen molar-refractivity contribution in [3.05, 3.63) is 0 Å². The molecule has 0 aromatic rings. The Morgan fingerprint density at radius 2 is 1.72 bits per heavy atom. The summed E-state index contributed by atoms with van der Waals surface area (Å²) in [5.74, 6) is -3.46. The van der Waals surface area contributed by atoms with Crippen molar-refractivity contribution >= 4 is 23.6 Å². The van der Waals surface area contributed by atoms with Crippen molar-refractivity contribution in [1.82, 2.24) is 9.80 Å². The zero-order valence-electron chi connectivity index (χ0n) is 29.8. The summed E-state index contributed by atoms with van der Waals surface area (Å²) < 4.78 is 31.2. The van der Waals surface area contributed by atoms with Gasteiger partial charge in [0.2, 0.25) is 0 Å². The summed E-state index contributed by atoms with van der Waals surface area (Å²) in [5.41, 5.74) is -1.34. The first-order valence-electron chi connectivity index (χ1n) is 16.9. The first-order valence-corrected chi connectivity index (χ1v) is 16.9. The molecule has 0 radical (unpaired) electrons. The minimum Gasteiger partial charge on any atom is -0.458 e. The Bertz CT molecular complexity index is 1180. The molecular weight excluding hydrogens is 594 g/mol. The molecule has 3 fully saturated rings. The van der Waals surface area contributed by atoms with Gasteiger partial charge in [-0.1, -0.05) is 27.7 Å². The van der Waals surface area contributed by atoms with Gasteiger partial charge in [0, 0.05) is 37.2 Å². The number of ether oxygens (including phenoxy) is 5. The average Bonchev–Trinajstić information content (AvgIpc) is 3.15. The number of ketones is 1. The molecule has 2 bridgehead atoms. The average molecular weight is 652 g/mol. The number of esters is 1. The van der Waals surface area contributed by atoms with E-state index in [0.29, 0.717) is 25.8 Å². The normalized spacial score (nSPS) is 45.9. The maximum Gasteiger partial charge on any atom is 0.411 e. The predicted molar refractivity (Wildman–Crippen MR) is 171 cm³/mol. The van der Waals surface area contributed by atoms with Gasteiger partial charge in [-0.2, -0.15) is 0 Å². The van der Waals surface area contributed by atoms with Crippen LogP contribution in [0.15, 0.2) is 4.99 Å². The minimum atomic E-state index is -1.16. The lowest BCUT2D eigenvalue weighted by Gasteiger charge is -2.47. The highest BCUT2D eigenvalue weighted by molar-refractivity contribution is 6.00. The van der Waals surface area contributed by atoms with Crippen molar-refractivity contribution in [3.63, 3.8) is 0 Å². The van der Waals surface area contributed by atoms with Gasteiger partial charge in [-0.15, -0.1) is 0 Å². The molecule has 0 saturated carbocycles. The second kappa shape index (κ2) is 13.8. The molecule has 4 aliphatic rings. The van der Waals surface area contributed by atoms with E-state index in [9.17, 15) is 19.5 Å². The van der Waals surface area contributed by atoms with Gasteiger partial charge in [0.15, 0.2) is 17.7 Å². The number of carbonyl (C=O) groups is 3. The van der Waals surface area contributed by atoms with Gasteiger partial charge in [0.1, 0.15) is 18.1 Å². The van der Waals surface area contributed by atoms with Crippen molar-refractivity contribution in [1.29, 1.82) is 0 Å². The summed E-state index contributed by atoms with van der Waals surface area (Å²) in [4.78, 5) is 50.0. The second-order valence-corrected chi connectivity index (χ2v) is 14.8. The number of aliphatic hydroxyl groups is 1. The number of carbonyl (C=O) groups excluding carboxylic acids is 3. The van der Waals surface area contributed by atoms with Gasteiger partial charge in [-0.05, 0) is 73.9 Å².